The largest absolute Gasteiger partial charge is 0.497 e. The van der Waals surface area contributed by atoms with Gasteiger partial charge in [0.05, 0.1) is 13.2 Å². The quantitative estimate of drug-likeness (QED) is 0.777. The first kappa shape index (κ1) is 20.0. The summed E-state index contributed by atoms with van der Waals surface area (Å²) in [6.45, 7) is 0.967. The number of anilines is 1. The summed E-state index contributed by atoms with van der Waals surface area (Å²) >= 11 is 0. The molecule has 3 atom stereocenters. The molecule has 2 fully saturated rings. The van der Waals surface area contributed by atoms with Gasteiger partial charge in [-0.3, -0.25) is 9.69 Å². The third-order valence-corrected chi connectivity index (χ3v) is 6.43. The number of piperidine rings is 1. The lowest BCUT2D eigenvalue weighted by Crippen LogP contribution is -2.54. The summed E-state index contributed by atoms with van der Waals surface area (Å²) < 4.78 is 5.21. The zero-order chi connectivity index (χ0) is 20.1. The number of amides is 1. The van der Waals surface area contributed by atoms with E-state index in [-0.39, 0.29) is 11.9 Å². The van der Waals surface area contributed by atoms with Gasteiger partial charge in [-0.05, 0) is 74.4 Å². The van der Waals surface area contributed by atoms with Crippen molar-refractivity contribution in [3.63, 3.8) is 0 Å². The molecule has 1 radical (unpaired) electrons. The molecular formula is C25H31N2O2. The Morgan fingerprint density at radius 3 is 2.55 bits per heavy atom. The number of rotatable bonds is 5. The van der Waals surface area contributed by atoms with Crippen LogP contribution in [0.25, 0.3) is 0 Å². The number of carbonyl (C=O) groups is 1. The molecule has 1 aliphatic carbocycles. The number of hydrogen-bond acceptors (Lipinski definition) is 3. The SMILES string of the molecule is COc1ccc(NC(=O)C2C[CH]CCN2[C@@H]2CCCC[C@@H]2c2ccccc2)cc1. The molecule has 2 aromatic rings. The Morgan fingerprint density at radius 1 is 1.03 bits per heavy atom. The lowest BCUT2D eigenvalue weighted by Gasteiger charge is -2.45. The van der Waals surface area contributed by atoms with Crippen molar-refractivity contribution in [1.82, 2.24) is 4.90 Å². The van der Waals surface area contributed by atoms with Crippen LogP contribution in [0.2, 0.25) is 0 Å². The minimum absolute atomic E-state index is 0.0971. The van der Waals surface area contributed by atoms with Gasteiger partial charge in [0.1, 0.15) is 5.75 Å². The highest BCUT2D eigenvalue weighted by Crippen LogP contribution is 2.38. The van der Waals surface area contributed by atoms with Crippen LogP contribution in [0.4, 0.5) is 5.69 Å². The van der Waals surface area contributed by atoms with Crippen LogP contribution in [-0.4, -0.2) is 36.5 Å². The Hall–Kier alpha value is -2.33. The number of benzene rings is 2. The van der Waals surface area contributed by atoms with Gasteiger partial charge < -0.3 is 10.1 Å². The lowest BCUT2D eigenvalue weighted by atomic mass is 9.78. The number of ether oxygens (including phenoxy) is 1. The molecule has 4 rings (SSSR count). The molecule has 1 heterocycles. The lowest BCUT2D eigenvalue weighted by molar-refractivity contribution is -0.123. The van der Waals surface area contributed by atoms with E-state index in [1.54, 1.807) is 7.11 Å². The number of hydrogen-bond donors (Lipinski definition) is 1. The van der Waals surface area contributed by atoms with Crippen molar-refractivity contribution >= 4 is 11.6 Å². The first-order valence-electron chi connectivity index (χ1n) is 10.8. The number of nitrogens with one attached hydrogen (secondary N) is 1. The summed E-state index contributed by atoms with van der Waals surface area (Å²) in [6, 6.07) is 18.8. The summed E-state index contributed by atoms with van der Waals surface area (Å²) in [5.74, 6) is 1.41. The van der Waals surface area contributed by atoms with E-state index in [0.29, 0.717) is 12.0 Å². The summed E-state index contributed by atoms with van der Waals surface area (Å²) in [5, 5.41) is 3.13. The van der Waals surface area contributed by atoms with Gasteiger partial charge >= 0.3 is 0 Å². The minimum Gasteiger partial charge on any atom is -0.497 e. The zero-order valence-electron chi connectivity index (χ0n) is 17.2. The van der Waals surface area contributed by atoms with Gasteiger partial charge in [-0.1, -0.05) is 43.2 Å². The second-order valence-electron chi connectivity index (χ2n) is 8.15. The number of methoxy groups -OCH3 is 1. The zero-order valence-corrected chi connectivity index (χ0v) is 17.2. The molecule has 2 aromatic carbocycles. The maximum Gasteiger partial charge on any atom is 0.241 e. The third kappa shape index (κ3) is 4.64. The predicted molar refractivity (Wildman–Crippen MR) is 117 cm³/mol. The highest BCUT2D eigenvalue weighted by Gasteiger charge is 2.38. The molecular weight excluding hydrogens is 360 g/mol. The van der Waals surface area contributed by atoms with Gasteiger partial charge in [0.25, 0.3) is 0 Å². The minimum atomic E-state index is -0.0971. The van der Waals surface area contributed by atoms with Gasteiger partial charge in [0.15, 0.2) is 0 Å². The van der Waals surface area contributed by atoms with Crippen molar-refractivity contribution in [1.29, 1.82) is 0 Å². The van der Waals surface area contributed by atoms with E-state index in [0.717, 1.165) is 30.8 Å². The number of carbonyl (C=O) groups excluding carboxylic acids is 1. The molecule has 0 spiro atoms. The van der Waals surface area contributed by atoms with Crippen molar-refractivity contribution in [2.75, 3.05) is 19.0 Å². The molecule has 153 valence electrons. The van der Waals surface area contributed by atoms with Crippen LogP contribution in [0.15, 0.2) is 54.6 Å². The molecule has 1 N–H and O–H groups in total. The molecule has 1 amide bonds. The summed E-state index contributed by atoms with van der Waals surface area (Å²) in [7, 11) is 1.65. The van der Waals surface area contributed by atoms with Gasteiger partial charge in [-0.15, -0.1) is 0 Å². The normalized spacial score (nSPS) is 25.3. The van der Waals surface area contributed by atoms with Crippen molar-refractivity contribution in [2.45, 2.75) is 56.5 Å². The third-order valence-electron chi connectivity index (χ3n) is 6.43. The Bertz CT molecular complexity index is 790. The fourth-order valence-electron chi connectivity index (χ4n) is 4.96. The van der Waals surface area contributed by atoms with E-state index in [9.17, 15) is 4.79 Å². The molecule has 2 aliphatic rings. The van der Waals surface area contributed by atoms with Gasteiger partial charge in [0.2, 0.25) is 5.91 Å². The Morgan fingerprint density at radius 2 is 1.79 bits per heavy atom. The van der Waals surface area contributed by atoms with Crippen LogP contribution in [0.3, 0.4) is 0 Å². The van der Waals surface area contributed by atoms with E-state index < -0.39 is 0 Å². The van der Waals surface area contributed by atoms with Crippen LogP contribution in [0.5, 0.6) is 5.75 Å². The van der Waals surface area contributed by atoms with Crippen molar-refractivity contribution in [2.24, 2.45) is 0 Å². The highest BCUT2D eigenvalue weighted by atomic mass is 16.5. The van der Waals surface area contributed by atoms with Crippen molar-refractivity contribution < 1.29 is 9.53 Å². The van der Waals surface area contributed by atoms with Crippen molar-refractivity contribution in [3.8, 4) is 5.75 Å². The second kappa shape index (κ2) is 9.45. The molecule has 1 aliphatic heterocycles. The first-order chi connectivity index (χ1) is 14.3. The van der Waals surface area contributed by atoms with Gasteiger partial charge in [-0.2, -0.15) is 0 Å². The van der Waals surface area contributed by atoms with E-state index >= 15 is 0 Å². The van der Waals surface area contributed by atoms with E-state index in [1.807, 2.05) is 24.3 Å². The average Bonchev–Trinajstić information content (AvgIpc) is 2.80. The summed E-state index contributed by atoms with van der Waals surface area (Å²) in [4.78, 5) is 15.7. The summed E-state index contributed by atoms with van der Waals surface area (Å²) in [6.07, 6.45) is 9.06. The fourth-order valence-corrected chi connectivity index (χ4v) is 4.96. The van der Waals surface area contributed by atoms with Crippen LogP contribution in [-0.2, 0) is 4.79 Å². The second-order valence-corrected chi connectivity index (χ2v) is 8.15. The predicted octanol–water partition coefficient (Wildman–Crippen LogP) is 5.03. The molecule has 1 saturated carbocycles. The van der Waals surface area contributed by atoms with Gasteiger partial charge in [0, 0.05) is 11.7 Å². The molecule has 1 saturated heterocycles. The molecule has 4 heteroatoms. The van der Waals surface area contributed by atoms with E-state index in [1.165, 1.54) is 31.2 Å². The molecule has 1 unspecified atom stereocenters. The molecule has 0 bridgehead atoms. The highest BCUT2D eigenvalue weighted by molar-refractivity contribution is 5.95. The number of likely N-dealkylation sites (tertiary alicyclic amines) is 1. The van der Waals surface area contributed by atoms with Crippen LogP contribution in [0, 0.1) is 6.42 Å². The maximum atomic E-state index is 13.2. The first-order valence-corrected chi connectivity index (χ1v) is 10.8. The molecule has 0 aromatic heterocycles. The fraction of sp³-hybridized carbons (Fsp3) is 0.440. The standard InChI is InChI=1S/C25H31N2O2/c1-29-21-16-14-20(15-17-21)26-25(28)24-13-7-8-18-27(24)23-12-6-5-11-22(23)19-9-3-2-4-10-19/h2-4,7,9-10,14-17,22-24H,5-6,8,11-13,18H2,1H3,(H,26,28)/t22-,23-,24?/m1/s1. The van der Waals surface area contributed by atoms with E-state index in [4.69, 9.17) is 4.74 Å². The topological polar surface area (TPSA) is 41.6 Å². The maximum absolute atomic E-state index is 13.2. The van der Waals surface area contributed by atoms with Crippen LogP contribution >= 0.6 is 0 Å². The molecule has 4 nitrogen and oxygen atoms in total. The van der Waals surface area contributed by atoms with Crippen molar-refractivity contribution in [3.05, 3.63) is 66.6 Å². The number of nitrogens with zero attached hydrogens (tertiary/aromatic N) is 1. The Labute approximate surface area is 174 Å². The van der Waals surface area contributed by atoms with E-state index in [2.05, 4.69) is 47.0 Å². The summed E-state index contributed by atoms with van der Waals surface area (Å²) in [5.41, 5.74) is 2.24. The van der Waals surface area contributed by atoms with Crippen LogP contribution in [0.1, 0.15) is 50.0 Å². The Balaban J connectivity index is 1.51. The average molecular weight is 392 g/mol. The smallest absolute Gasteiger partial charge is 0.241 e. The van der Waals surface area contributed by atoms with Crippen LogP contribution < -0.4 is 10.1 Å². The molecule has 29 heavy (non-hydrogen) atoms. The Kier molecular flexibility index (Phi) is 6.50. The monoisotopic (exact) mass is 391 g/mol. The van der Waals surface area contributed by atoms with Gasteiger partial charge in [-0.25, -0.2) is 0 Å².